The second-order valence-corrected chi connectivity index (χ2v) is 3.87. The minimum absolute atomic E-state index is 0. The number of nitriles is 1. The Morgan fingerprint density at radius 2 is 2.00 bits per heavy atom. The Hall–Kier alpha value is -1.11. The molecule has 1 N–H and O–H groups in total. The van der Waals surface area contributed by atoms with Crippen molar-refractivity contribution < 1.29 is 4.39 Å². The number of hydrogen-bond acceptors (Lipinski definition) is 2. The summed E-state index contributed by atoms with van der Waals surface area (Å²) in [7, 11) is 0. The van der Waals surface area contributed by atoms with Gasteiger partial charge in [0.1, 0.15) is 5.82 Å². The summed E-state index contributed by atoms with van der Waals surface area (Å²) >= 11 is 0. The van der Waals surface area contributed by atoms with Crippen LogP contribution in [0.4, 0.5) is 4.39 Å². The van der Waals surface area contributed by atoms with Crippen LogP contribution in [0.25, 0.3) is 0 Å². The molecule has 2 rings (SSSR count). The summed E-state index contributed by atoms with van der Waals surface area (Å²) in [5.74, 6) is 0.0748. The number of nitrogens with zero attached hydrogens (tertiary/aromatic N) is 1. The second-order valence-electron chi connectivity index (χ2n) is 3.87. The Labute approximate surface area is 101 Å². The largest absolute Gasteiger partial charge is 0.317 e. The van der Waals surface area contributed by atoms with Crippen LogP contribution in [-0.4, -0.2) is 13.1 Å². The van der Waals surface area contributed by atoms with Crippen LogP contribution < -0.4 is 5.32 Å². The maximum Gasteiger partial charge on any atom is 0.124 e. The number of hydrogen-bond donors (Lipinski definition) is 1. The highest BCUT2D eigenvalue weighted by Gasteiger charge is 2.18. The molecular formula is C12H14ClFN2. The molecule has 1 aromatic rings. The third-order valence-corrected chi connectivity index (χ3v) is 2.91. The van der Waals surface area contributed by atoms with E-state index < -0.39 is 0 Å². The molecule has 0 radical (unpaired) electrons. The number of halogens is 2. The molecule has 0 unspecified atom stereocenters. The summed E-state index contributed by atoms with van der Waals surface area (Å²) in [4.78, 5) is 0. The summed E-state index contributed by atoms with van der Waals surface area (Å²) in [6.45, 7) is 1.96. The van der Waals surface area contributed by atoms with Gasteiger partial charge in [0.25, 0.3) is 0 Å². The molecule has 1 aliphatic rings. The molecule has 0 amide bonds. The van der Waals surface area contributed by atoms with Crippen molar-refractivity contribution in [1.29, 1.82) is 5.26 Å². The van der Waals surface area contributed by atoms with Crippen molar-refractivity contribution in [2.75, 3.05) is 13.1 Å². The van der Waals surface area contributed by atoms with E-state index in [9.17, 15) is 4.39 Å². The highest BCUT2D eigenvalue weighted by atomic mass is 35.5. The first-order valence-corrected chi connectivity index (χ1v) is 5.21. The molecule has 0 spiro atoms. The SMILES string of the molecule is Cl.N#Cc1cc(F)ccc1C1CCNCC1. The molecule has 1 heterocycles. The molecule has 0 bridgehead atoms. The molecule has 0 aromatic heterocycles. The van der Waals surface area contributed by atoms with Gasteiger partial charge in [-0.05, 0) is 49.5 Å². The summed E-state index contributed by atoms with van der Waals surface area (Å²) in [6.07, 6.45) is 2.06. The molecule has 1 aromatic carbocycles. The minimum atomic E-state index is -0.329. The average molecular weight is 241 g/mol. The molecule has 0 atom stereocenters. The van der Waals surface area contributed by atoms with E-state index >= 15 is 0 Å². The van der Waals surface area contributed by atoms with Crippen LogP contribution in [0.3, 0.4) is 0 Å². The molecule has 4 heteroatoms. The summed E-state index contributed by atoms with van der Waals surface area (Å²) < 4.78 is 12.9. The van der Waals surface area contributed by atoms with E-state index in [1.54, 1.807) is 6.07 Å². The van der Waals surface area contributed by atoms with Gasteiger partial charge < -0.3 is 5.32 Å². The zero-order chi connectivity index (χ0) is 10.7. The highest BCUT2D eigenvalue weighted by Crippen LogP contribution is 2.28. The number of rotatable bonds is 1. The predicted octanol–water partition coefficient (Wildman–Crippen LogP) is 2.59. The van der Waals surface area contributed by atoms with Crippen molar-refractivity contribution >= 4 is 12.4 Å². The third-order valence-electron chi connectivity index (χ3n) is 2.91. The lowest BCUT2D eigenvalue weighted by Gasteiger charge is -2.23. The summed E-state index contributed by atoms with van der Waals surface area (Å²) in [5, 5.41) is 12.2. The number of nitrogens with one attached hydrogen (secondary N) is 1. The van der Waals surface area contributed by atoms with Crippen LogP contribution in [-0.2, 0) is 0 Å². The smallest absolute Gasteiger partial charge is 0.124 e. The predicted molar refractivity (Wildman–Crippen MR) is 63.2 cm³/mol. The van der Waals surface area contributed by atoms with E-state index in [2.05, 4.69) is 11.4 Å². The lowest BCUT2D eigenvalue weighted by atomic mass is 9.87. The zero-order valence-corrected chi connectivity index (χ0v) is 9.69. The van der Waals surface area contributed by atoms with Gasteiger partial charge in [0.05, 0.1) is 11.6 Å². The number of benzene rings is 1. The monoisotopic (exact) mass is 240 g/mol. The fourth-order valence-electron chi connectivity index (χ4n) is 2.11. The molecule has 1 fully saturated rings. The molecule has 86 valence electrons. The molecule has 0 aliphatic carbocycles. The first-order chi connectivity index (χ1) is 7.31. The van der Waals surface area contributed by atoms with E-state index in [0.29, 0.717) is 11.5 Å². The van der Waals surface area contributed by atoms with E-state index in [1.165, 1.54) is 12.1 Å². The van der Waals surface area contributed by atoms with Gasteiger partial charge in [0.15, 0.2) is 0 Å². The topological polar surface area (TPSA) is 35.8 Å². The van der Waals surface area contributed by atoms with Gasteiger partial charge in [-0.25, -0.2) is 4.39 Å². The fraction of sp³-hybridized carbons (Fsp3) is 0.417. The normalized spacial score (nSPS) is 16.2. The van der Waals surface area contributed by atoms with E-state index in [1.807, 2.05) is 0 Å². The maximum absolute atomic E-state index is 12.9. The second kappa shape index (κ2) is 5.83. The standard InChI is InChI=1S/C12H13FN2.ClH/c13-11-1-2-12(10(7-11)8-14)9-3-5-15-6-4-9;/h1-2,7,9,15H,3-6H2;1H. The van der Waals surface area contributed by atoms with Crippen molar-refractivity contribution in [1.82, 2.24) is 5.32 Å². The Kier molecular flexibility index (Phi) is 4.72. The van der Waals surface area contributed by atoms with Gasteiger partial charge >= 0.3 is 0 Å². The van der Waals surface area contributed by atoms with Gasteiger partial charge in [-0.3, -0.25) is 0 Å². The van der Waals surface area contributed by atoms with Gasteiger partial charge in [-0.2, -0.15) is 5.26 Å². The summed E-state index contributed by atoms with van der Waals surface area (Å²) in [6, 6.07) is 6.60. The quantitative estimate of drug-likeness (QED) is 0.819. The van der Waals surface area contributed by atoms with E-state index in [-0.39, 0.29) is 18.2 Å². The molecular weight excluding hydrogens is 227 g/mol. The Bertz CT molecular complexity index is 394. The lowest BCUT2D eigenvalue weighted by molar-refractivity contribution is 0.459. The van der Waals surface area contributed by atoms with Gasteiger partial charge in [0.2, 0.25) is 0 Å². The molecule has 1 saturated heterocycles. The third kappa shape index (κ3) is 2.72. The average Bonchev–Trinajstić information content (AvgIpc) is 2.30. The lowest BCUT2D eigenvalue weighted by Crippen LogP contribution is -2.27. The van der Waals surface area contributed by atoms with Crippen molar-refractivity contribution in [3.8, 4) is 6.07 Å². The van der Waals surface area contributed by atoms with E-state index in [4.69, 9.17) is 5.26 Å². The van der Waals surface area contributed by atoms with Crippen molar-refractivity contribution in [3.05, 3.63) is 35.1 Å². The van der Waals surface area contributed by atoms with Gasteiger partial charge in [-0.1, -0.05) is 6.07 Å². The van der Waals surface area contributed by atoms with Crippen LogP contribution in [0.1, 0.15) is 29.9 Å². The van der Waals surface area contributed by atoms with Crippen molar-refractivity contribution in [3.63, 3.8) is 0 Å². The first kappa shape index (κ1) is 13.0. The first-order valence-electron chi connectivity index (χ1n) is 5.21. The van der Waals surface area contributed by atoms with E-state index in [0.717, 1.165) is 31.5 Å². The summed E-state index contributed by atoms with van der Waals surface area (Å²) in [5.41, 5.74) is 1.49. The molecule has 16 heavy (non-hydrogen) atoms. The highest BCUT2D eigenvalue weighted by molar-refractivity contribution is 5.85. The van der Waals surface area contributed by atoms with Gasteiger partial charge in [0, 0.05) is 0 Å². The zero-order valence-electron chi connectivity index (χ0n) is 8.87. The van der Waals surface area contributed by atoms with Gasteiger partial charge in [-0.15, -0.1) is 12.4 Å². The minimum Gasteiger partial charge on any atom is -0.317 e. The Balaban J connectivity index is 0.00000128. The molecule has 0 saturated carbocycles. The molecule has 1 aliphatic heterocycles. The Morgan fingerprint density at radius 3 is 2.62 bits per heavy atom. The van der Waals surface area contributed by atoms with Crippen LogP contribution in [0, 0.1) is 17.1 Å². The number of piperidine rings is 1. The van der Waals surface area contributed by atoms with Crippen molar-refractivity contribution in [2.24, 2.45) is 0 Å². The van der Waals surface area contributed by atoms with Crippen LogP contribution >= 0.6 is 12.4 Å². The van der Waals surface area contributed by atoms with Crippen LogP contribution in [0.5, 0.6) is 0 Å². The van der Waals surface area contributed by atoms with Crippen molar-refractivity contribution in [2.45, 2.75) is 18.8 Å². The maximum atomic E-state index is 12.9. The fourth-order valence-corrected chi connectivity index (χ4v) is 2.11. The molecule has 2 nitrogen and oxygen atoms in total. The Morgan fingerprint density at radius 1 is 1.31 bits per heavy atom. The van der Waals surface area contributed by atoms with Crippen LogP contribution in [0.15, 0.2) is 18.2 Å². The van der Waals surface area contributed by atoms with Crippen LogP contribution in [0.2, 0.25) is 0 Å².